The van der Waals surface area contributed by atoms with Gasteiger partial charge in [0.15, 0.2) is 0 Å². The van der Waals surface area contributed by atoms with E-state index < -0.39 is 0 Å². The van der Waals surface area contributed by atoms with Crippen LogP contribution >= 0.6 is 0 Å². The average Bonchev–Trinajstić information content (AvgIpc) is 2.44. The molecule has 0 bridgehead atoms. The molecule has 1 heterocycles. The van der Waals surface area contributed by atoms with Gasteiger partial charge in [-0.1, -0.05) is 30.3 Å². The van der Waals surface area contributed by atoms with Crippen molar-refractivity contribution in [3.63, 3.8) is 0 Å². The van der Waals surface area contributed by atoms with E-state index in [0.29, 0.717) is 12.3 Å². The molecule has 1 aliphatic rings. The van der Waals surface area contributed by atoms with Crippen LogP contribution in [0, 0.1) is 0 Å². The molecule has 1 fully saturated rings. The smallest absolute Gasteiger partial charge is 0.222 e. The van der Waals surface area contributed by atoms with E-state index in [1.165, 1.54) is 5.56 Å². The molecular weight excluding hydrogens is 186 g/mol. The second kappa shape index (κ2) is 4.47. The van der Waals surface area contributed by atoms with E-state index in [-0.39, 0.29) is 5.91 Å². The van der Waals surface area contributed by atoms with Gasteiger partial charge in [0.1, 0.15) is 0 Å². The Morgan fingerprint density at radius 3 is 2.67 bits per heavy atom. The molecule has 0 N–H and O–H groups in total. The number of likely N-dealkylation sites (tertiary alicyclic amines) is 1. The molecule has 2 heteroatoms. The van der Waals surface area contributed by atoms with Gasteiger partial charge < -0.3 is 4.90 Å². The Morgan fingerprint density at radius 2 is 1.93 bits per heavy atom. The number of hydrogen-bond donors (Lipinski definition) is 0. The molecule has 2 rings (SSSR count). The van der Waals surface area contributed by atoms with Gasteiger partial charge in [0, 0.05) is 20.0 Å². The maximum atomic E-state index is 11.5. The van der Waals surface area contributed by atoms with Crippen LogP contribution in [0.4, 0.5) is 0 Å². The minimum atomic E-state index is 0.286. The molecule has 1 atom stereocenters. The van der Waals surface area contributed by atoms with E-state index >= 15 is 0 Å². The lowest BCUT2D eigenvalue weighted by atomic mass is 9.92. The van der Waals surface area contributed by atoms with Crippen molar-refractivity contribution in [2.75, 3.05) is 13.6 Å². The van der Waals surface area contributed by atoms with Gasteiger partial charge in [0.25, 0.3) is 0 Å². The largest absolute Gasteiger partial charge is 0.346 e. The Labute approximate surface area is 90.9 Å². The van der Waals surface area contributed by atoms with Gasteiger partial charge in [-0.15, -0.1) is 0 Å². The number of rotatable bonds is 1. The van der Waals surface area contributed by atoms with Crippen LogP contribution in [0.2, 0.25) is 0 Å². The number of benzene rings is 1. The number of hydrogen-bond acceptors (Lipinski definition) is 1. The maximum absolute atomic E-state index is 11.5. The maximum Gasteiger partial charge on any atom is 0.222 e. The van der Waals surface area contributed by atoms with Gasteiger partial charge in [-0.05, 0) is 24.3 Å². The number of amides is 1. The first-order chi connectivity index (χ1) is 7.27. The highest BCUT2D eigenvalue weighted by molar-refractivity contribution is 5.76. The highest BCUT2D eigenvalue weighted by Gasteiger charge is 2.20. The summed E-state index contributed by atoms with van der Waals surface area (Å²) in [5.74, 6) is 0.841. The van der Waals surface area contributed by atoms with Crippen LogP contribution in [0.5, 0.6) is 0 Å². The quantitative estimate of drug-likeness (QED) is 0.686. The van der Waals surface area contributed by atoms with Crippen LogP contribution in [-0.4, -0.2) is 24.4 Å². The van der Waals surface area contributed by atoms with E-state index in [9.17, 15) is 4.79 Å². The summed E-state index contributed by atoms with van der Waals surface area (Å²) < 4.78 is 0. The first kappa shape index (κ1) is 10.2. The highest BCUT2D eigenvalue weighted by Crippen LogP contribution is 2.27. The molecule has 0 radical (unpaired) electrons. The van der Waals surface area contributed by atoms with Gasteiger partial charge in [-0.3, -0.25) is 4.79 Å². The normalized spacial score (nSPS) is 22.6. The van der Waals surface area contributed by atoms with Crippen molar-refractivity contribution in [1.29, 1.82) is 0 Å². The third kappa shape index (κ3) is 2.38. The van der Waals surface area contributed by atoms with Crippen molar-refractivity contribution in [1.82, 2.24) is 4.90 Å². The van der Waals surface area contributed by atoms with Gasteiger partial charge in [-0.2, -0.15) is 0 Å². The van der Waals surface area contributed by atoms with Gasteiger partial charge >= 0.3 is 0 Å². The van der Waals surface area contributed by atoms with Crippen LogP contribution < -0.4 is 0 Å². The zero-order valence-corrected chi connectivity index (χ0v) is 9.15. The molecule has 2 nitrogen and oxygen atoms in total. The van der Waals surface area contributed by atoms with Crippen molar-refractivity contribution < 1.29 is 4.79 Å². The van der Waals surface area contributed by atoms with E-state index in [0.717, 1.165) is 19.4 Å². The SMILES string of the molecule is CN1CC[C@H](c2ccccc2)CCC1=O. The molecule has 0 spiro atoms. The van der Waals surface area contributed by atoms with E-state index in [1.807, 2.05) is 18.0 Å². The van der Waals surface area contributed by atoms with Gasteiger partial charge in [0.05, 0.1) is 0 Å². The molecule has 0 aromatic heterocycles. The average molecular weight is 203 g/mol. The second-order valence-corrected chi connectivity index (χ2v) is 4.25. The Kier molecular flexibility index (Phi) is 3.05. The van der Waals surface area contributed by atoms with Crippen LogP contribution in [-0.2, 0) is 4.79 Å². The Balaban J connectivity index is 2.09. The van der Waals surface area contributed by atoms with Crippen LogP contribution in [0.3, 0.4) is 0 Å². The van der Waals surface area contributed by atoms with E-state index in [1.54, 1.807) is 0 Å². The molecular formula is C13H17NO. The highest BCUT2D eigenvalue weighted by atomic mass is 16.2. The van der Waals surface area contributed by atoms with Crippen molar-refractivity contribution in [2.45, 2.75) is 25.2 Å². The van der Waals surface area contributed by atoms with Crippen LogP contribution in [0.1, 0.15) is 30.7 Å². The summed E-state index contributed by atoms with van der Waals surface area (Å²) in [6.45, 7) is 0.887. The summed E-state index contributed by atoms with van der Waals surface area (Å²) in [4.78, 5) is 13.4. The van der Waals surface area contributed by atoms with Crippen molar-refractivity contribution >= 4 is 5.91 Å². The molecule has 1 aromatic carbocycles. The van der Waals surface area contributed by atoms with E-state index in [2.05, 4.69) is 24.3 Å². The topological polar surface area (TPSA) is 20.3 Å². The lowest BCUT2D eigenvalue weighted by Crippen LogP contribution is -2.25. The Hall–Kier alpha value is -1.31. The molecule has 0 unspecified atom stereocenters. The molecule has 1 saturated heterocycles. The molecule has 0 saturated carbocycles. The zero-order valence-electron chi connectivity index (χ0n) is 9.15. The Bertz CT molecular complexity index is 334. The third-order valence-corrected chi connectivity index (χ3v) is 3.22. The second-order valence-electron chi connectivity index (χ2n) is 4.25. The fourth-order valence-corrected chi connectivity index (χ4v) is 2.17. The molecule has 1 aromatic rings. The lowest BCUT2D eigenvalue weighted by Gasteiger charge is -2.15. The minimum absolute atomic E-state index is 0.286. The van der Waals surface area contributed by atoms with Crippen molar-refractivity contribution in [3.8, 4) is 0 Å². The summed E-state index contributed by atoms with van der Waals surface area (Å²) >= 11 is 0. The summed E-state index contributed by atoms with van der Waals surface area (Å²) in [5.41, 5.74) is 1.38. The molecule has 15 heavy (non-hydrogen) atoms. The predicted octanol–water partition coefficient (Wildman–Crippen LogP) is 2.41. The fourth-order valence-electron chi connectivity index (χ4n) is 2.17. The molecule has 0 aliphatic carbocycles. The standard InChI is InChI=1S/C13H17NO/c1-14-10-9-12(7-8-13(14)15)11-5-3-2-4-6-11/h2-6,12H,7-10H2,1H3/t12-/m1/s1. The number of nitrogens with zero attached hydrogens (tertiary/aromatic N) is 1. The summed E-state index contributed by atoms with van der Waals surface area (Å²) in [6, 6.07) is 10.5. The first-order valence-electron chi connectivity index (χ1n) is 5.56. The number of carbonyl (C=O) groups excluding carboxylic acids is 1. The molecule has 1 amide bonds. The Morgan fingerprint density at radius 1 is 1.20 bits per heavy atom. The van der Waals surface area contributed by atoms with Crippen molar-refractivity contribution in [2.24, 2.45) is 0 Å². The third-order valence-electron chi connectivity index (χ3n) is 3.22. The lowest BCUT2D eigenvalue weighted by molar-refractivity contribution is -0.129. The molecule has 1 aliphatic heterocycles. The monoisotopic (exact) mass is 203 g/mol. The summed E-state index contributed by atoms with van der Waals surface area (Å²) in [6.07, 6.45) is 2.77. The van der Waals surface area contributed by atoms with Crippen molar-refractivity contribution in [3.05, 3.63) is 35.9 Å². The van der Waals surface area contributed by atoms with E-state index in [4.69, 9.17) is 0 Å². The minimum Gasteiger partial charge on any atom is -0.346 e. The van der Waals surface area contributed by atoms with Crippen LogP contribution in [0.25, 0.3) is 0 Å². The number of carbonyl (C=O) groups is 1. The van der Waals surface area contributed by atoms with Gasteiger partial charge in [-0.25, -0.2) is 0 Å². The predicted molar refractivity (Wildman–Crippen MR) is 60.7 cm³/mol. The first-order valence-corrected chi connectivity index (χ1v) is 5.56. The zero-order chi connectivity index (χ0) is 10.7. The fraction of sp³-hybridized carbons (Fsp3) is 0.462. The summed E-state index contributed by atoms with van der Waals surface area (Å²) in [5, 5.41) is 0. The molecule has 80 valence electrons. The van der Waals surface area contributed by atoms with Gasteiger partial charge in [0.2, 0.25) is 5.91 Å². The van der Waals surface area contributed by atoms with Crippen LogP contribution in [0.15, 0.2) is 30.3 Å². The summed E-state index contributed by atoms with van der Waals surface area (Å²) in [7, 11) is 1.90.